The van der Waals surface area contributed by atoms with Gasteiger partial charge in [0.05, 0.1) is 0 Å². The van der Waals surface area contributed by atoms with Crippen molar-refractivity contribution in [1.82, 2.24) is 5.32 Å². The Morgan fingerprint density at radius 3 is 1.93 bits per heavy atom. The molecule has 1 aliphatic rings. The summed E-state index contributed by atoms with van der Waals surface area (Å²) in [5.41, 5.74) is 5.98. The average molecular weight is 548 g/mol. The van der Waals surface area contributed by atoms with E-state index in [0.717, 1.165) is 22.3 Å². The number of alkyl halides is 3. The molecule has 1 amide bonds. The SMILES string of the molecule is O=C(NC(Cc1ccccc1-c1ccc(OC(F)(F)F)cc1)C(=O)O)OCC1c2ccccc2-c2ccccc21. The van der Waals surface area contributed by atoms with Crippen LogP contribution in [-0.2, 0) is 16.0 Å². The Morgan fingerprint density at radius 1 is 0.800 bits per heavy atom. The van der Waals surface area contributed by atoms with E-state index < -0.39 is 24.5 Å². The monoisotopic (exact) mass is 547 g/mol. The number of carboxylic acids is 1. The van der Waals surface area contributed by atoms with Gasteiger partial charge in [-0.3, -0.25) is 0 Å². The molecule has 0 heterocycles. The van der Waals surface area contributed by atoms with Gasteiger partial charge < -0.3 is 19.9 Å². The molecule has 0 spiro atoms. The highest BCUT2D eigenvalue weighted by Gasteiger charge is 2.31. The molecule has 0 aliphatic heterocycles. The Balaban J connectivity index is 1.27. The average Bonchev–Trinajstić information content (AvgIpc) is 3.25. The molecule has 0 fully saturated rings. The van der Waals surface area contributed by atoms with E-state index >= 15 is 0 Å². The predicted octanol–water partition coefficient (Wildman–Crippen LogP) is 6.79. The number of rotatable bonds is 8. The minimum atomic E-state index is -4.81. The van der Waals surface area contributed by atoms with E-state index in [4.69, 9.17) is 4.74 Å². The third-order valence-electron chi connectivity index (χ3n) is 6.77. The number of carboxylic acid groups (broad SMARTS) is 1. The number of halogens is 3. The summed E-state index contributed by atoms with van der Waals surface area (Å²) in [4.78, 5) is 24.8. The van der Waals surface area contributed by atoms with Crippen LogP contribution < -0.4 is 10.1 Å². The summed E-state index contributed by atoms with van der Waals surface area (Å²) in [6.45, 7) is 0.0368. The molecule has 0 bridgehead atoms. The maximum Gasteiger partial charge on any atom is 0.573 e. The van der Waals surface area contributed by atoms with E-state index in [1.165, 1.54) is 24.3 Å². The molecule has 6 nitrogen and oxygen atoms in total. The highest BCUT2D eigenvalue weighted by molar-refractivity contribution is 5.82. The first-order valence-corrected chi connectivity index (χ1v) is 12.5. The topological polar surface area (TPSA) is 84.9 Å². The van der Waals surface area contributed by atoms with Crippen molar-refractivity contribution in [3.8, 4) is 28.0 Å². The van der Waals surface area contributed by atoms with E-state index in [1.807, 2.05) is 48.5 Å². The number of nitrogens with one attached hydrogen (secondary N) is 1. The zero-order valence-corrected chi connectivity index (χ0v) is 21.0. The molecular weight excluding hydrogens is 523 g/mol. The van der Waals surface area contributed by atoms with E-state index in [1.54, 1.807) is 24.3 Å². The van der Waals surface area contributed by atoms with Crippen LogP contribution in [0.3, 0.4) is 0 Å². The van der Waals surface area contributed by atoms with Gasteiger partial charge in [-0.15, -0.1) is 13.2 Å². The third-order valence-corrected chi connectivity index (χ3v) is 6.77. The van der Waals surface area contributed by atoms with Crippen LogP contribution in [0, 0.1) is 0 Å². The maximum atomic E-state index is 12.7. The van der Waals surface area contributed by atoms with Gasteiger partial charge in [-0.1, -0.05) is 84.9 Å². The lowest BCUT2D eigenvalue weighted by atomic mass is 9.95. The summed E-state index contributed by atoms with van der Waals surface area (Å²) >= 11 is 0. The lowest BCUT2D eigenvalue weighted by Crippen LogP contribution is -2.43. The number of aliphatic carboxylic acids is 1. The number of fused-ring (bicyclic) bond motifs is 3. The van der Waals surface area contributed by atoms with Crippen molar-refractivity contribution in [3.05, 3.63) is 114 Å². The summed E-state index contributed by atoms with van der Waals surface area (Å²) in [6, 6.07) is 26.6. The molecule has 0 radical (unpaired) electrons. The number of carbonyl (C=O) groups excluding carboxylic acids is 1. The molecule has 204 valence electrons. The zero-order valence-electron chi connectivity index (χ0n) is 21.0. The first-order valence-electron chi connectivity index (χ1n) is 12.5. The van der Waals surface area contributed by atoms with Crippen LogP contribution >= 0.6 is 0 Å². The van der Waals surface area contributed by atoms with Gasteiger partial charge in [-0.25, -0.2) is 9.59 Å². The smallest absolute Gasteiger partial charge is 0.480 e. The number of alkyl carbamates (subject to hydrolysis) is 1. The van der Waals surface area contributed by atoms with Crippen molar-refractivity contribution in [2.24, 2.45) is 0 Å². The molecule has 2 N–H and O–H groups in total. The quantitative estimate of drug-likeness (QED) is 0.254. The summed E-state index contributed by atoms with van der Waals surface area (Å²) in [7, 11) is 0. The van der Waals surface area contributed by atoms with Crippen LogP contribution in [0.2, 0.25) is 0 Å². The fourth-order valence-corrected chi connectivity index (χ4v) is 5.02. The van der Waals surface area contributed by atoms with Crippen molar-refractivity contribution in [3.63, 3.8) is 0 Å². The number of amides is 1. The minimum Gasteiger partial charge on any atom is -0.480 e. The van der Waals surface area contributed by atoms with E-state index in [0.29, 0.717) is 16.7 Å². The molecule has 1 aliphatic carbocycles. The summed E-state index contributed by atoms with van der Waals surface area (Å²) in [6.07, 6.45) is -5.74. The second kappa shape index (κ2) is 11.1. The molecule has 0 saturated heterocycles. The van der Waals surface area contributed by atoms with Crippen LogP contribution in [0.25, 0.3) is 22.3 Å². The highest BCUT2D eigenvalue weighted by atomic mass is 19.4. The fraction of sp³-hybridized carbons (Fsp3) is 0.161. The standard InChI is InChI=1S/C31H24F3NO5/c32-31(33,34)40-21-15-13-19(14-16-21)22-8-2-1-7-20(22)17-28(29(36)37)35-30(38)39-18-27-25-11-5-3-9-23(25)24-10-4-6-12-26(24)27/h1-16,27-28H,17-18H2,(H,35,38)(H,36,37). The molecule has 40 heavy (non-hydrogen) atoms. The lowest BCUT2D eigenvalue weighted by molar-refractivity contribution is -0.274. The van der Waals surface area contributed by atoms with Gasteiger partial charge in [-0.05, 0) is 51.1 Å². The Labute approximate surface area is 228 Å². The van der Waals surface area contributed by atoms with Gasteiger partial charge >= 0.3 is 18.4 Å². The summed E-state index contributed by atoms with van der Waals surface area (Å²) < 4.78 is 46.9. The van der Waals surface area contributed by atoms with E-state index in [9.17, 15) is 27.9 Å². The van der Waals surface area contributed by atoms with Gasteiger partial charge in [0, 0.05) is 12.3 Å². The Bertz CT molecular complexity index is 1490. The van der Waals surface area contributed by atoms with Crippen molar-refractivity contribution in [1.29, 1.82) is 0 Å². The maximum absolute atomic E-state index is 12.7. The van der Waals surface area contributed by atoms with Crippen molar-refractivity contribution < 1.29 is 37.3 Å². The Hall–Kier alpha value is -4.79. The second-order valence-electron chi connectivity index (χ2n) is 9.29. The number of benzene rings is 4. The Kier molecular flexibility index (Phi) is 7.46. The van der Waals surface area contributed by atoms with Crippen LogP contribution in [0.15, 0.2) is 97.1 Å². The van der Waals surface area contributed by atoms with Gasteiger partial charge in [0.1, 0.15) is 18.4 Å². The summed E-state index contributed by atoms with van der Waals surface area (Å²) in [5.74, 6) is -1.79. The molecule has 1 unspecified atom stereocenters. The molecule has 4 aromatic carbocycles. The van der Waals surface area contributed by atoms with Crippen LogP contribution in [-0.4, -0.2) is 36.2 Å². The number of ether oxygens (including phenoxy) is 2. The minimum absolute atomic E-state index is 0.0368. The van der Waals surface area contributed by atoms with Crippen LogP contribution in [0.1, 0.15) is 22.6 Å². The van der Waals surface area contributed by atoms with Gasteiger partial charge in [-0.2, -0.15) is 0 Å². The van der Waals surface area contributed by atoms with Gasteiger partial charge in [0.2, 0.25) is 0 Å². The molecule has 5 rings (SSSR count). The van der Waals surface area contributed by atoms with Gasteiger partial charge in [0.15, 0.2) is 0 Å². The Morgan fingerprint density at radius 2 is 1.35 bits per heavy atom. The van der Waals surface area contributed by atoms with E-state index in [-0.39, 0.29) is 24.7 Å². The number of hydrogen-bond donors (Lipinski definition) is 2. The van der Waals surface area contributed by atoms with Crippen molar-refractivity contribution >= 4 is 12.1 Å². The predicted molar refractivity (Wildman–Crippen MR) is 142 cm³/mol. The lowest BCUT2D eigenvalue weighted by Gasteiger charge is -2.19. The molecule has 4 aromatic rings. The number of hydrogen-bond acceptors (Lipinski definition) is 4. The molecule has 9 heteroatoms. The largest absolute Gasteiger partial charge is 0.573 e. The van der Waals surface area contributed by atoms with E-state index in [2.05, 4.69) is 10.1 Å². The first-order chi connectivity index (χ1) is 19.2. The summed E-state index contributed by atoms with van der Waals surface area (Å²) in [5, 5.41) is 12.3. The first kappa shape index (κ1) is 26.8. The highest BCUT2D eigenvalue weighted by Crippen LogP contribution is 2.44. The third kappa shape index (κ3) is 5.93. The van der Waals surface area contributed by atoms with Gasteiger partial charge in [0.25, 0.3) is 0 Å². The molecule has 0 aromatic heterocycles. The van der Waals surface area contributed by atoms with Crippen molar-refractivity contribution in [2.75, 3.05) is 6.61 Å². The number of carbonyl (C=O) groups is 2. The van der Waals surface area contributed by atoms with Crippen LogP contribution in [0.5, 0.6) is 5.75 Å². The normalized spacial score (nSPS) is 13.2. The van der Waals surface area contributed by atoms with Crippen LogP contribution in [0.4, 0.5) is 18.0 Å². The molecule has 0 saturated carbocycles. The zero-order chi connectivity index (χ0) is 28.3. The molecule has 1 atom stereocenters. The van der Waals surface area contributed by atoms with Crippen molar-refractivity contribution in [2.45, 2.75) is 24.7 Å². The fourth-order valence-electron chi connectivity index (χ4n) is 5.02. The second-order valence-corrected chi connectivity index (χ2v) is 9.29. The molecular formula is C31H24F3NO5.